The molecule has 8 heteroatoms. The Hall–Kier alpha value is -1.93. The SMILES string of the molecule is O=C1NCCN1c1cnn(C2CN(Cc3nc4c(s3)CCCC4)C2)c1. The first-order valence-corrected chi connectivity index (χ1v) is 9.87. The van der Waals surface area contributed by atoms with Crippen LogP contribution in [0, 0.1) is 0 Å². The van der Waals surface area contributed by atoms with Crippen molar-refractivity contribution in [3.8, 4) is 0 Å². The van der Waals surface area contributed by atoms with E-state index in [9.17, 15) is 4.79 Å². The van der Waals surface area contributed by atoms with E-state index < -0.39 is 0 Å². The summed E-state index contributed by atoms with van der Waals surface area (Å²) >= 11 is 1.90. The van der Waals surface area contributed by atoms with Crippen LogP contribution >= 0.6 is 11.3 Å². The van der Waals surface area contributed by atoms with Crippen molar-refractivity contribution >= 4 is 23.1 Å². The van der Waals surface area contributed by atoms with Crippen molar-refractivity contribution in [3.63, 3.8) is 0 Å². The summed E-state index contributed by atoms with van der Waals surface area (Å²) in [6, 6.07) is 0.372. The van der Waals surface area contributed by atoms with Gasteiger partial charge in [-0.2, -0.15) is 5.10 Å². The molecule has 1 N–H and O–H groups in total. The molecule has 4 heterocycles. The van der Waals surface area contributed by atoms with Crippen LogP contribution in [0.1, 0.15) is 34.5 Å². The van der Waals surface area contributed by atoms with Gasteiger partial charge in [0.05, 0.1) is 30.2 Å². The summed E-state index contributed by atoms with van der Waals surface area (Å²) in [6.07, 6.45) is 8.78. The molecule has 2 aliphatic heterocycles. The first-order valence-electron chi connectivity index (χ1n) is 9.05. The van der Waals surface area contributed by atoms with E-state index in [4.69, 9.17) is 4.98 Å². The largest absolute Gasteiger partial charge is 0.336 e. The Morgan fingerprint density at radius 3 is 2.96 bits per heavy atom. The number of hydrogen-bond acceptors (Lipinski definition) is 5. The Bertz CT molecular complexity index is 769. The number of hydrogen-bond donors (Lipinski definition) is 1. The van der Waals surface area contributed by atoms with Crippen molar-refractivity contribution in [2.24, 2.45) is 0 Å². The third-order valence-corrected chi connectivity index (χ3v) is 6.46. The van der Waals surface area contributed by atoms with Crippen molar-refractivity contribution < 1.29 is 4.79 Å². The summed E-state index contributed by atoms with van der Waals surface area (Å²) in [5, 5.41) is 8.56. The highest BCUT2D eigenvalue weighted by atomic mass is 32.1. The molecule has 25 heavy (non-hydrogen) atoms. The van der Waals surface area contributed by atoms with Crippen LogP contribution < -0.4 is 10.2 Å². The van der Waals surface area contributed by atoms with E-state index in [1.54, 1.807) is 11.1 Å². The van der Waals surface area contributed by atoms with Gasteiger partial charge in [-0.1, -0.05) is 0 Å². The lowest BCUT2D eigenvalue weighted by Gasteiger charge is -2.38. The second-order valence-corrected chi connectivity index (χ2v) is 8.26. The molecule has 0 radical (unpaired) electrons. The Kier molecular flexibility index (Phi) is 3.74. The first kappa shape index (κ1) is 15.3. The maximum Gasteiger partial charge on any atom is 0.322 e. The summed E-state index contributed by atoms with van der Waals surface area (Å²) in [4.78, 5) is 22.3. The summed E-state index contributed by atoms with van der Waals surface area (Å²) in [5.41, 5.74) is 2.24. The minimum Gasteiger partial charge on any atom is -0.336 e. The summed E-state index contributed by atoms with van der Waals surface area (Å²) < 4.78 is 2.00. The first-order chi connectivity index (χ1) is 12.3. The topological polar surface area (TPSA) is 66.3 Å². The molecule has 0 atom stereocenters. The fraction of sp³-hybridized carbons (Fsp3) is 0.588. The number of carbonyl (C=O) groups is 1. The van der Waals surface area contributed by atoms with Crippen molar-refractivity contribution in [3.05, 3.63) is 28.0 Å². The number of carbonyl (C=O) groups excluding carboxylic acids is 1. The maximum atomic E-state index is 11.7. The number of amides is 2. The molecule has 0 saturated carbocycles. The number of anilines is 1. The van der Waals surface area contributed by atoms with E-state index >= 15 is 0 Å². The number of fused-ring (bicyclic) bond motifs is 1. The van der Waals surface area contributed by atoms with Gasteiger partial charge in [-0.3, -0.25) is 14.5 Å². The number of likely N-dealkylation sites (tertiary alicyclic amines) is 1. The van der Waals surface area contributed by atoms with E-state index in [1.165, 1.54) is 34.8 Å². The average molecular weight is 358 g/mol. The van der Waals surface area contributed by atoms with Crippen molar-refractivity contribution in [1.29, 1.82) is 0 Å². The van der Waals surface area contributed by atoms with Crippen LogP contribution in [0.15, 0.2) is 12.4 Å². The minimum atomic E-state index is -0.0254. The molecule has 2 fully saturated rings. The standard InChI is InChI=1S/C17H22N6OS/c24-17-18-5-6-22(17)12-7-19-23(10-12)13-8-21(9-13)11-16-20-14-3-1-2-4-15(14)25-16/h7,10,13H,1-6,8-9,11H2,(H,18,24). The van der Waals surface area contributed by atoms with Gasteiger partial charge in [0.15, 0.2) is 0 Å². The molecule has 2 aromatic rings. The second kappa shape index (κ2) is 6.10. The van der Waals surface area contributed by atoms with Crippen LogP contribution in [-0.2, 0) is 19.4 Å². The van der Waals surface area contributed by atoms with Gasteiger partial charge in [0.2, 0.25) is 0 Å². The fourth-order valence-electron chi connectivity index (χ4n) is 3.89. The molecule has 5 rings (SSSR count). The van der Waals surface area contributed by atoms with Crippen LogP contribution in [0.25, 0.3) is 0 Å². The zero-order valence-electron chi connectivity index (χ0n) is 14.1. The van der Waals surface area contributed by atoms with Crippen LogP contribution in [0.4, 0.5) is 10.5 Å². The molecule has 2 saturated heterocycles. The monoisotopic (exact) mass is 358 g/mol. The van der Waals surface area contributed by atoms with E-state index in [-0.39, 0.29) is 6.03 Å². The molecule has 132 valence electrons. The van der Waals surface area contributed by atoms with Gasteiger partial charge in [0.25, 0.3) is 0 Å². The Labute approximate surface area is 150 Å². The van der Waals surface area contributed by atoms with Gasteiger partial charge >= 0.3 is 6.03 Å². The average Bonchev–Trinajstić information content (AvgIpc) is 3.28. The summed E-state index contributed by atoms with van der Waals surface area (Å²) in [5.74, 6) is 0. The van der Waals surface area contributed by atoms with E-state index in [0.29, 0.717) is 12.6 Å². The number of nitrogens with one attached hydrogen (secondary N) is 1. The van der Waals surface area contributed by atoms with Crippen LogP contribution in [-0.4, -0.2) is 51.9 Å². The molecule has 0 bridgehead atoms. The molecular weight excluding hydrogens is 336 g/mol. The Balaban J connectivity index is 1.19. The van der Waals surface area contributed by atoms with Gasteiger partial charge in [0.1, 0.15) is 5.01 Å². The van der Waals surface area contributed by atoms with Gasteiger partial charge < -0.3 is 5.32 Å². The van der Waals surface area contributed by atoms with E-state index in [2.05, 4.69) is 15.3 Å². The predicted molar refractivity (Wildman–Crippen MR) is 96.0 cm³/mol. The van der Waals surface area contributed by atoms with Crippen molar-refractivity contribution in [2.45, 2.75) is 38.3 Å². The zero-order valence-corrected chi connectivity index (χ0v) is 15.0. The quantitative estimate of drug-likeness (QED) is 0.905. The van der Waals surface area contributed by atoms with Crippen molar-refractivity contribution in [1.82, 2.24) is 25.0 Å². The van der Waals surface area contributed by atoms with Crippen LogP contribution in [0.5, 0.6) is 0 Å². The van der Waals surface area contributed by atoms with Crippen LogP contribution in [0.3, 0.4) is 0 Å². The fourth-order valence-corrected chi connectivity index (χ4v) is 5.09. The highest BCUT2D eigenvalue weighted by Gasteiger charge is 2.31. The molecule has 0 unspecified atom stereocenters. The molecule has 3 aliphatic rings. The Morgan fingerprint density at radius 1 is 1.28 bits per heavy atom. The molecule has 0 spiro atoms. The predicted octanol–water partition coefficient (Wildman–Crippen LogP) is 1.80. The normalized spacial score (nSPS) is 21.3. The third kappa shape index (κ3) is 2.83. The van der Waals surface area contributed by atoms with E-state index in [0.717, 1.165) is 38.3 Å². The van der Waals surface area contributed by atoms with E-state index in [1.807, 2.05) is 22.2 Å². The molecule has 2 aromatic heterocycles. The lowest BCUT2D eigenvalue weighted by atomic mass is 10.0. The second-order valence-electron chi connectivity index (χ2n) is 7.09. The molecular formula is C17H22N6OS. The number of aryl methyl sites for hydroxylation is 2. The number of urea groups is 1. The highest BCUT2D eigenvalue weighted by molar-refractivity contribution is 7.11. The molecule has 1 aliphatic carbocycles. The Morgan fingerprint density at radius 2 is 2.16 bits per heavy atom. The third-order valence-electron chi connectivity index (χ3n) is 5.32. The number of nitrogens with zero attached hydrogens (tertiary/aromatic N) is 5. The lowest BCUT2D eigenvalue weighted by Crippen LogP contribution is -2.47. The number of rotatable bonds is 4. The van der Waals surface area contributed by atoms with Crippen LogP contribution in [0.2, 0.25) is 0 Å². The van der Waals surface area contributed by atoms with Gasteiger partial charge in [-0.25, -0.2) is 9.78 Å². The summed E-state index contributed by atoms with van der Waals surface area (Å²) in [7, 11) is 0. The lowest BCUT2D eigenvalue weighted by molar-refractivity contribution is 0.0908. The number of aromatic nitrogens is 3. The zero-order chi connectivity index (χ0) is 16.8. The number of thiazole rings is 1. The summed E-state index contributed by atoms with van der Waals surface area (Å²) in [6.45, 7) is 4.38. The highest BCUT2D eigenvalue weighted by Crippen LogP contribution is 2.30. The van der Waals surface area contributed by atoms with Gasteiger partial charge in [-0.05, 0) is 25.7 Å². The molecule has 7 nitrogen and oxygen atoms in total. The van der Waals surface area contributed by atoms with Crippen molar-refractivity contribution in [2.75, 3.05) is 31.1 Å². The maximum absolute atomic E-state index is 11.7. The van der Waals surface area contributed by atoms with Gasteiger partial charge in [0, 0.05) is 37.3 Å². The van der Waals surface area contributed by atoms with Gasteiger partial charge in [-0.15, -0.1) is 11.3 Å². The molecule has 0 aromatic carbocycles. The minimum absolute atomic E-state index is 0.0254. The smallest absolute Gasteiger partial charge is 0.322 e. The molecule has 2 amide bonds.